The molecule has 6 heteroatoms. The lowest BCUT2D eigenvalue weighted by molar-refractivity contribution is 1.30. The molecule has 8 aromatic carbocycles. The molecule has 2 nitrogen and oxygen atoms in total. The summed E-state index contributed by atoms with van der Waals surface area (Å²) in [7, 11) is -5.87. The molecule has 0 aliphatic rings. The van der Waals surface area contributed by atoms with Gasteiger partial charge in [-0.3, -0.25) is 0 Å². The van der Waals surface area contributed by atoms with Gasteiger partial charge in [-0.1, -0.05) is 184 Å². The minimum Gasteiger partial charge on any atom is -0.310 e. The lowest BCUT2D eigenvalue weighted by atomic mass is 9.91. The van der Waals surface area contributed by atoms with Crippen LogP contribution < -0.4 is 30.5 Å². The highest BCUT2D eigenvalue weighted by molar-refractivity contribution is 6.90. The molecule has 8 rings (SSSR count). The highest BCUT2D eigenvalue weighted by atomic mass is 28.3. The van der Waals surface area contributed by atoms with Crippen molar-refractivity contribution in [3.63, 3.8) is 0 Å². The molecule has 0 saturated carbocycles. The molecular formula is C52H60N2Si4. The van der Waals surface area contributed by atoms with Crippen molar-refractivity contribution >= 4 is 119 Å². The standard InChI is InChI=1S/C52H60N2Si4/c1-55(2,3)43-25-17-39(18-26-43)53(40-19-27-44(28-20-40)56(4,5)6)49-35-15-37-14-34-48-50(36-16-38-13-33-47(49)51(37)52(38)48)54(41-21-29-45(30-22-41)57(7,8)9)42-23-31-46(32-24-42)58(10,11)12/h13-36H,1-12H3. The van der Waals surface area contributed by atoms with Crippen LogP contribution in [0.15, 0.2) is 146 Å². The van der Waals surface area contributed by atoms with E-state index in [1.54, 1.807) is 0 Å². The first kappa shape index (κ1) is 40.1. The second kappa shape index (κ2) is 14.5. The summed E-state index contributed by atoms with van der Waals surface area (Å²) in [4.78, 5) is 4.97. The fraction of sp³-hybridized carbons (Fsp3) is 0.231. The second-order valence-electron chi connectivity index (χ2n) is 20.5. The van der Waals surface area contributed by atoms with E-state index < -0.39 is 32.3 Å². The molecular weight excluding hydrogens is 765 g/mol. The molecule has 0 aliphatic heterocycles. The fourth-order valence-corrected chi connectivity index (χ4v) is 13.1. The zero-order valence-corrected chi connectivity index (χ0v) is 40.8. The van der Waals surface area contributed by atoms with E-state index in [2.05, 4.69) is 234 Å². The molecule has 0 radical (unpaired) electrons. The van der Waals surface area contributed by atoms with E-state index in [9.17, 15) is 0 Å². The van der Waals surface area contributed by atoms with Gasteiger partial charge in [0.2, 0.25) is 0 Å². The smallest absolute Gasteiger partial charge is 0.0775 e. The summed E-state index contributed by atoms with van der Waals surface area (Å²) >= 11 is 0. The van der Waals surface area contributed by atoms with Crippen LogP contribution in [-0.4, -0.2) is 32.3 Å². The molecule has 0 aromatic heterocycles. The lowest BCUT2D eigenvalue weighted by Gasteiger charge is -2.30. The summed E-state index contributed by atoms with van der Waals surface area (Å²) in [5.74, 6) is 0. The molecule has 58 heavy (non-hydrogen) atoms. The Morgan fingerprint density at radius 1 is 0.259 bits per heavy atom. The van der Waals surface area contributed by atoms with Crippen LogP contribution in [0, 0.1) is 0 Å². The molecule has 0 heterocycles. The van der Waals surface area contributed by atoms with Crippen LogP contribution in [0.25, 0.3) is 32.3 Å². The molecule has 0 unspecified atom stereocenters. The molecule has 0 aliphatic carbocycles. The van der Waals surface area contributed by atoms with E-state index in [0.717, 1.165) is 0 Å². The molecule has 0 spiro atoms. The van der Waals surface area contributed by atoms with Crippen molar-refractivity contribution in [1.29, 1.82) is 0 Å². The number of hydrogen-bond acceptors (Lipinski definition) is 2. The molecule has 0 saturated heterocycles. The average Bonchev–Trinajstić information content (AvgIpc) is 3.17. The highest BCUT2D eigenvalue weighted by Crippen LogP contribution is 2.47. The third-order valence-electron chi connectivity index (χ3n) is 12.1. The first-order chi connectivity index (χ1) is 27.3. The molecule has 0 amide bonds. The maximum absolute atomic E-state index is 2.49. The maximum Gasteiger partial charge on any atom is 0.0775 e. The van der Waals surface area contributed by atoms with Crippen LogP contribution in [0.5, 0.6) is 0 Å². The van der Waals surface area contributed by atoms with E-state index in [1.807, 2.05) is 0 Å². The summed E-state index contributed by atoms with van der Waals surface area (Å²) in [5.41, 5.74) is 7.16. The van der Waals surface area contributed by atoms with Gasteiger partial charge in [-0.25, -0.2) is 0 Å². The normalized spacial score (nSPS) is 12.8. The van der Waals surface area contributed by atoms with Gasteiger partial charge in [0.25, 0.3) is 0 Å². The monoisotopic (exact) mass is 824 g/mol. The van der Waals surface area contributed by atoms with Gasteiger partial charge in [0.05, 0.1) is 43.7 Å². The topological polar surface area (TPSA) is 6.48 Å². The van der Waals surface area contributed by atoms with Crippen molar-refractivity contribution in [2.75, 3.05) is 9.80 Å². The molecule has 0 fully saturated rings. The fourth-order valence-electron chi connectivity index (χ4n) is 8.46. The van der Waals surface area contributed by atoms with Crippen LogP contribution >= 0.6 is 0 Å². The Kier molecular flexibility index (Phi) is 10.0. The van der Waals surface area contributed by atoms with Gasteiger partial charge in [0.1, 0.15) is 0 Å². The predicted molar refractivity (Wildman–Crippen MR) is 271 cm³/mol. The van der Waals surface area contributed by atoms with E-state index in [0.29, 0.717) is 0 Å². The average molecular weight is 825 g/mol. The maximum atomic E-state index is 2.49. The Hall–Kier alpha value is -4.73. The van der Waals surface area contributed by atoms with Crippen LogP contribution in [0.3, 0.4) is 0 Å². The van der Waals surface area contributed by atoms with Crippen LogP contribution in [0.2, 0.25) is 78.6 Å². The lowest BCUT2D eigenvalue weighted by Crippen LogP contribution is -2.37. The Labute approximate surface area is 351 Å². The Morgan fingerprint density at radius 2 is 0.483 bits per heavy atom. The van der Waals surface area contributed by atoms with Crippen molar-refractivity contribution < 1.29 is 0 Å². The predicted octanol–water partition coefficient (Wildman–Crippen LogP) is 13.7. The van der Waals surface area contributed by atoms with Crippen LogP contribution in [0.1, 0.15) is 0 Å². The quantitative estimate of drug-likeness (QED) is 0.100. The Bertz CT molecular complexity index is 2420. The molecule has 0 N–H and O–H groups in total. The Morgan fingerprint density at radius 3 is 0.707 bits per heavy atom. The minimum atomic E-state index is -1.47. The third kappa shape index (κ3) is 7.52. The largest absolute Gasteiger partial charge is 0.310 e. The summed E-state index contributed by atoms with van der Waals surface area (Å²) < 4.78 is 0. The minimum absolute atomic E-state index is 1.19. The van der Waals surface area contributed by atoms with Gasteiger partial charge in [0, 0.05) is 33.5 Å². The van der Waals surface area contributed by atoms with E-state index in [-0.39, 0.29) is 0 Å². The first-order valence-electron chi connectivity index (χ1n) is 21.0. The second-order valence-corrected chi connectivity index (χ2v) is 40.8. The van der Waals surface area contributed by atoms with Crippen molar-refractivity contribution in [1.82, 2.24) is 0 Å². The number of rotatable bonds is 10. The number of hydrogen-bond donors (Lipinski definition) is 0. The van der Waals surface area contributed by atoms with E-state index in [1.165, 1.54) is 87.2 Å². The Balaban J connectivity index is 1.35. The van der Waals surface area contributed by atoms with Gasteiger partial charge >= 0.3 is 0 Å². The van der Waals surface area contributed by atoms with Gasteiger partial charge in [-0.15, -0.1) is 0 Å². The van der Waals surface area contributed by atoms with E-state index >= 15 is 0 Å². The summed E-state index contributed by atoms with van der Waals surface area (Å²) in [6.45, 7) is 29.1. The van der Waals surface area contributed by atoms with Crippen molar-refractivity contribution in [3.05, 3.63) is 146 Å². The molecule has 8 aromatic rings. The molecule has 294 valence electrons. The zero-order chi connectivity index (χ0) is 41.4. The van der Waals surface area contributed by atoms with Gasteiger partial charge < -0.3 is 9.80 Å². The summed E-state index contributed by atoms with van der Waals surface area (Å²) in [5, 5.41) is 13.6. The van der Waals surface area contributed by atoms with Crippen LogP contribution in [0.4, 0.5) is 34.1 Å². The zero-order valence-electron chi connectivity index (χ0n) is 36.8. The van der Waals surface area contributed by atoms with Crippen LogP contribution in [-0.2, 0) is 0 Å². The number of benzene rings is 8. The third-order valence-corrected chi connectivity index (χ3v) is 20.3. The van der Waals surface area contributed by atoms with Gasteiger partial charge in [-0.2, -0.15) is 0 Å². The highest BCUT2D eigenvalue weighted by Gasteiger charge is 2.25. The molecule has 0 atom stereocenters. The first-order valence-corrected chi connectivity index (χ1v) is 35.0. The SMILES string of the molecule is C[Si](C)(C)c1ccc(N(c2ccc([Si](C)(C)C)cc2)c2ccc3ccc4c(N(c5ccc([Si](C)(C)C)cc5)c5ccc([Si](C)(C)C)cc5)ccc5ccc2c3c54)cc1. The van der Waals surface area contributed by atoms with E-state index in [4.69, 9.17) is 0 Å². The van der Waals surface area contributed by atoms with Crippen molar-refractivity contribution in [3.8, 4) is 0 Å². The van der Waals surface area contributed by atoms with Crippen molar-refractivity contribution in [2.24, 2.45) is 0 Å². The summed E-state index contributed by atoms with van der Waals surface area (Å²) in [6, 6.07) is 56.5. The van der Waals surface area contributed by atoms with Crippen molar-refractivity contribution in [2.45, 2.75) is 78.6 Å². The number of anilines is 6. The van der Waals surface area contributed by atoms with Gasteiger partial charge in [-0.05, 0) is 82.2 Å². The number of nitrogens with zero attached hydrogens (tertiary/aromatic N) is 2. The molecule has 0 bridgehead atoms. The van der Waals surface area contributed by atoms with Gasteiger partial charge in [0.15, 0.2) is 0 Å². The summed E-state index contributed by atoms with van der Waals surface area (Å²) in [6.07, 6.45) is 0.